The number of rotatable bonds is 7. The molecule has 1 fully saturated rings. The van der Waals surface area contributed by atoms with Gasteiger partial charge in [-0.1, -0.05) is 25.6 Å². The molecule has 3 aromatic heterocycles. The minimum Gasteiger partial charge on any atom is -0.338 e. The van der Waals surface area contributed by atoms with Crippen LogP contribution in [0.5, 0.6) is 0 Å². The van der Waals surface area contributed by atoms with Crippen molar-refractivity contribution < 1.29 is 4.79 Å². The summed E-state index contributed by atoms with van der Waals surface area (Å²) in [5.41, 5.74) is 0.966. The first-order valence-electron chi connectivity index (χ1n) is 10.9. The van der Waals surface area contributed by atoms with E-state index in [1.165, 1.54) is 11.8 Å². The van der Waals surface area contributed by atoms with Gasteiger partial charge in [-0.3, -0.25) is 9.78 Å². The van der Waals surface area contributed by atoms with Gasteiger partial charge in [0.1, 0.15) is 0 Å². The fourth-order valence-electron chi connectivity index (χ4n) is 3.72. The van der Waals surface area contributed by atoms with Crippen LogP contribution in [0, 0.1) is 5.92 Å². The molecule has 1 atom stereocenters. The van der Waals surface area contributed by atoms with E-state index in [0.29, 0.717) is 19.0 Å². The van der Waals surface area contributed by atoms with Gasteiger partial charge in [-0.25, -0.2) is 9.97 Å². The van der Waals surface area contributed by atoms with Crippen molar-refractivity contribution in [1.29, 1.82) is 0 Å². The normalized spacial score (nSPS) is 15.2. The highest BCUT2D eigenvalue weighted by Gasteiger charge is 2.32. The van der Waals surface area contributed by atoms with Crippen LogP contribution in [0.15, 0.2) is 48.1 Å². The van der Waals surface area contributed by atoms with Gasteiger partial charge in [0.2, 0.25) is 11.9 Å². The van der Waals surface area contributed by atoms with Crippen molar-refractivity contribution in [2.24, 2.45) is 5.92 Å². The Morgan fingerprint density at radius 1 is 1.03 bits per heavy atom. The van der Waals surface area contributed by atoms with Crippen LogP contribution >= 0.6 is 11.8 Å². The van der Waals surface area contributed by atoms with Crippen LogP contribution in [0.3, 0.4) is 0 Å². The Labute approximate surface area is 192 Å². The SMILES string of the molecule is CCn1c(S[C@H](C(=O)N2CCN(c3ncccn3)CC2)C(C)C)nnc1-c1ccncc1. The largest absolute Gasteiger partial charge is 0.338 e. The molecule has 0 saturated carbocycles. The lowest BCUT2D eigenvalue weighted by molar-refractivity contribution is -0.131. The number of amides is 1. The van der Waals surface area contributed by atoms with E-state index >= 15 is 0 Å². The summed E-state index contributed by atoms with van der Waals surface area (Å²) in [6.07, 6.45) is 6.99. The molecule has 0 radical (unpaired) electrons. The van der Waals surface area contributed by atoms with Crippen LogP contribution in [0.25, 0.3) is 11.4 Å². The lowest BCUT2D eigenvalue weighted by Crippen LogP contribution is -2.52. The lowest BCUT2D eigenvalue weighted by atomic mass is 10.1. The predicted molar refractivity (Wildman–Crippen MR) is 124 cm³/mol. The molecule has 0 unspecified atom stereocenters. The summed E-state index contributed by atoms with van der Waals surface area (Å²) in [5.74, 6) is 1.82. The Bertz CT molecular complexity index is 1020. The molecule has 4 heterocycles. The Balaban J connectivity index is 1.46. The Kier molecular flexibility index (Phi) is 6.99. The number of carbonyl (C=O) groups excluding carboxylic acids is 1. The first-order valence-corrected chi connectivity index (χ1v) is 11.8. The van der Waals surface area contributed by atoms with Gasteiger partial charge in [-0.05, 0) is 31.0 Å². The number of carbonyl (C=O) groups is 1. The minimum absolute atomic E-state index is 0.148. The lowest BCUT2D eigenvalue weighted by Gasteiger charge is -2.36. The number of aromatic nitrogens is 6. The van der Waals surface area contributed by atoms with Gasteiger partial charge in [0, 0.05) is 63.1 Å². The van der Waals surface area contributed by atoms with E-state index in [4.69, 9.17) is 0 Å². The van der Waals surface area contributed by atoms with E-state index in [0.717, 1.165) is 36.2 Å². The zero-order valence-corrected chi connectivity index (χ0v) is 19.4. The van der Waals surface area contributed by atoms with Crippen molar-refractivity contribution in [3.63, 3.8) is 0 Å². The summed E-state index contributed by atoms with van der Waals surface area (Å²) in [6.45, 7) is 9.72. The van der Waals surface area contributed by atoms with Crippen LogP contribution in [-0.4, -0.2) is 72.0 Å². The van der Waals surface area contributed by atoms with Gasteiger partial charge >= 0.3 is 0 Å². The van der Waals surface area contributed by atoms with Crippen LogP contribution < -0.4 is 4.90 Å². The van der Waals surface area contributed by atoms with E-state index < -0.39 is 0 Å². The summed E-state index contributed by atoms with van der Waals surface area (Å²) in [7, 11) is 0. The van der Waals surface area contributed by atoms with Gasteiger partial charge < -0.3 is 14.4 Å². The van der Waals surface area contributed by atoms with E-state index in [9.17, 15) is 4.79 Å². The minimum atomic E-state index is -0.227. The van der Waals surface area contributed by atoms with Crippen LogP contribution in [0.4, 0.5) is 5.95 Å². The Morgan fingerprint density at radius 3 is 2.34 bits per heavy atom. The standard InChI is InChI=1S/C22H28N8OS/c1-4-30-19(17-6-10-23-11-7-17)26-27-22(30)32-18(16(2)3)20(31)28-12-14-29(15-13-28)21-24-8-5-9-25-21/h5-11,16,18H,4,12-15H2,1-3H3/t18-/m0/s1. The van der Waals surface area contributed by atoms with Gasteiger partial charge in [-0.15, -0.1) is 10.2 Å². The highest BCUT2D eigenvalue weighted by Crippen LogP contribution is 2.31. The fourth-order valence-corrected chi connectivity index (χ4v) is 4.90. The van der Waals surface area contributed by atoms with Crippen molar-refractivity contribution in [2.75, 3.05) is 31.1 Å². The third-order valence-electron chi connectivity index (χ3n) is 5.48. The number of nitrogens with zero attached hydrogens (tertiary/aromatic N) is 8. The first-order chi connectivity index (χ1) is 15.6. The molecule has 1 aliphatic rings. The fraction of sp³-hybridized carbons (Fsp3) is 0.455. The molecule has 0 N–H and O–H groups in total. The zero-order valence-electron chi connectivity index (χ0n) is 18.6. The molecular weight excluding hydrogens is 424 g/mol. The van der Waals surface area contributed by atoms with Crippen molar-refractivity contribution in [1.82, 2.24) is 34.6 Å². The smallest absolute Gasteiger partial charge is 0.236 e. The number of piperazine rings is 1. The molecule has 4 rings (SSSR count). The molecule has 3 aromatic rings. The van der Waals surface area contributed by atoms with Crippen molar-refractivity contribution in [3.8, 4) is 11.4 Å². The van der Waals surface area contributed by atoms with Crippen LogP contribution in [0.1, 0.15) is 20.8 Å². The molecule has 9 nitrogen and oxygen atoms in total. The van der Waals surface area contributed by atoms with Crippen LogP contribution in [-0.2, 0) is 11.3 Å². The number of thioether (sulfide) groups is 1. The second kappa shape index (κ2) is 10.1. The van der Waals surface area contributed by atoms with E-state index in [2.05, 4.69) is 55.4 Å². The highest BCUT2D eigenvalue weighted by molar-refractivity contribution is 8.00. The molecule has 0 aromatic carbocycles. The third-order valence-corrected chi connectivity index (χ3v) is 6.99. The molecule has 0 bridgehead atoms. The molecule has 10 heteroatoms. The Morgan fingerprint density at radius 2 is 1.72 bits per heavy atom. The first kappa shape index (κ1) is 22.2. The maximum atomic E-state index is 13.5. The maximum Gasteiger partial charge on any atom is 0.236 e. The summed E-state index contributed by atoms with van der Waals surface area (Å²) in [4.78, 5) is 30.3. The second-order valence-electron chi connectivity index (χ2n) is 7.93. The molecular formula is C22H28N8OS. The van der Waals surface area contributed by atoms with Crippen LogP contribution in [0.2, 0.25) is 0 Å². The summed E-state index contributed by atoms with van der Waals surface area (Å²) in [6, 6.07) is 5.65. The summed E-state index contributed by atoms with van der Waals surface area (Å²) in [5, 5.41) is 9.37. The average molecular weight is 453 g/mol. The monoisotopic (exact) mass is 452 g/mol. The van der Waals surface area contributed by atoms with E-state index in [1.54, 1.807) is 24.8 Å². The number of anilines is 1. The maximum absolute atomic E-state index is 13.5. The topological polar surface area (TPSA) is 92.9 Å². The number of hydrogen-bond acceptors (Lipinski definition) is 8. The zero-order chi connectivity index (χ0) is 22.5. The predicted octanol–water partition coefficient (Wildman–Crippen LogP) is 2.62. The summed E-state index contributed by atoms with van der Waals surface area (Å²) >= 11 is 1.51. The highest BCUT2D eigenvalue weighted by atomic mass is 32.2. The summed E-state index contributed by atoms with van der Waals surface area (Å²) < 4.78 is 2.06. The van der Waals surface area contributed by atoms with Crippen molar-refractivity contribution >= 4 is 23.6 Å². The number of hydrogen-bond donors (Lipinski definition) is 0. The molecule has 1 saturated heterocycles. The Hall–Kier alpha value is -3.01. The average Bonchev–Trinajstić information content (AvgIpc) is 3.26. The van der Waals surface area contributed by atoms with Gasteiger partial charge in [0.15, 0.2) is 11.0 Å². The van der Waals surface area contributed by atoms with E-state index in [1.807, 2.05) is 23.1 Å². The second-order valence-corrected chi connectivity index (χ2v) is 9.04. The van der Waals surface area contributed by atoms with Crippen molar-refractivity contribution in [2.45, 2.75) is 37.7 Å². The third kappa shape index (κ3) is 4.74. The number of pyridine rings is 1. The molecule has 168 valence electrons. The van der Waals surface area contributed by atoms with Gasteiger partial charge in [0.05, 0.1) is 5.25 Å². The van der Waals surface area contributed by atoms with E-state index in [-0.39, 0.29) is 17.1 Å². The molecule has 1 aliphatic heterocycles. The van der Waals surface area contributed by atoms with Gasteiger partial charge in [-0.2, -0.15) is 0 Å². The van der Waals surface area contributed by atoms with Crippen molar-refractivity contribution in [3.05, 3.63) is 43.0 Å². The molecule has 0 spiro atoms. The molecule has 1 amide bonds. The van der Waals surface area contributed by atoms with Gasteiger partial charge in [0.25, 0.3) is 0 Å². The molecule has 0 aliphatic carbocycles. The molecule has 32 heavy (non-hydrogen) atoms. The quantitative estimate of drug-likeness (QED) is 0.505.